The lowest BCUT2D eigenvalue weighted by molar-refractivity contribution is -0.136. The number of aromatic nitrogens is 1. The van der Waals surface area contributed by atoms with Crippen molar-refractivity contribution in [1.82, 2.24) is 4.98 Å². The summed E-state index contributed by atoms with van der Waals surface area (Å²) in [5.74, 6) is -0.767. The van der Waals surface area contributed by atoms with Gasteiger partial charge in [0.15, 0.2) is 0 Å². The van der Waals surface area contributed by atoms with Gasteiger partial charge in [-0.2, -0.15) is 0 Å². The normalized spacial score (nSPS) is 10.6. The lowest BCUT2D eigenvalue weighted by atomic mass is 10.1. The zero-order valence-electron chi connectivity index (χ0n) is 10.4. The fraction of sp³-hybridized carbons (Fsp3) is 0.286. The summed E-state index contributed by atoms with van der Waals surface area (Å²) in [7, 11) is 0. The Kier molecular flexibility index (Phi) is 3.77. The van der Waals surface area contributed by atoms with Gasteiger partial charge in [0.05, 0.1) is 6.42 Å². The first-order valence-electron chi connectivity index (χ1n) is 5.80. The molecule has 0 amide bonds. The number of benzene rings is 1. The van der Waals surface area contributed by atoms with Crippen LogP contribution in [-0.4, -0.2) is 16.1 Å². The Morgan fingerprint density at radius 2 is 2.17 bits per heavy atom. The molecule has 3 nitrogen and oxygen atoms in total. The Labute approximate surface area is 110 Å². The van der Waals surface area contributed by atoms with Gasteiger partial charge < -0.3 is 5.11 Å². The number of hydrogen-bond donors (Lipinski definition) is 1. The number of thiazole rings is 1. The van der Waals surface area contributed by atoms with Crippen molar-refractivity contribution in [3.8, 4) is 10.6 Å². The maximum atomic E-state index is 10.5. The number of carboxylic acid groups (broad SMARTS) is 1. The van der Waals surface area contributed by atoms with Crippen LogP contribution in [0.25, 0.3) is 10.6 Å². The molecule has 2 rings (SSSR count). The molecule has 0 radical (unpaired) electrons. The highest BCUT2D eigenvalue weighted by Gasteiger charge is 2.08. The highest BCUT2D eigenvalue weighted by molar-refractivity contribution is 7.15. The van der Waals surface area contributed by atoms with Gasteiger partial charge in [-0.3, -0.25) is 4.79 Å². The second-order valence-electron chi connectivity index (χ2n) is 4.34. The SMILES string of the molecule is Cc1ccc(C)c(-c2ncc(CCC(=O)O)s2)c1. The van der Waals surface area contributed by atoms with Crippen molar-refractivity contribution in [3.63, 3.8) is 0 Å². The number of carboxylic acids is 1. The summed E-state index contributed by atoms with van der Waals surface area (Å²) in [6.07, 6.45) is 2.50. The van der Waals surface area contributed by atoms with Crippen LogP contribution >= 0.6 is 11.3 Å². The molecule has 0 spiro atoms. The molecular weight excluding hydrogens is 246 g/mol. The van der Waals surface area contributed by atoms with E-state index in [9.17, 15) is 4.79 Å². The topological polar surface area (TPSA) is 50.2 Å². The number of carbonyl (C=O) groups is 1. The zero-order valence-corrected chi connectivity index (χ0v) is 11.3. The van der Waals surface area contributed by atoms with Crippen LogP contribution in [0.3, 0.4) is 0 Å². The van der Waals surface area contributed by atoms with Crippen molar-refractivity contribution in [2.75, 3.05) is 0 Å². The van der Waals surface area contributed by atoms with Crippen LogP contribution in [0, 0.1) is 13.8 Å². The minimum atomic E-state index is -0.767. The number of rotatable bonds is 4. The van der Waals surface area contributed by atoms with Gasteiger partial charge in [0.1, 0.15) is 5.01 Å². The number of aryl methyl sites for hydroxylation is 3. The first-order chi connectivity index (χ1) is 8.56. The van der Waals surface area contributed by atoms with Crippen molar-refractivity contribution < 1.29 is 9.90 Å². The summed E-state index contributed by atoms with van der Waals surface area (Å²) in [5.41, 5.74) is 3.54. The fourth-order valence-corrected chi connectivity index (χ4v) is 2.74. The van der Waals surface area contributed by atoms with Crippen LogP contribution in [0.4, 0.5) is 0 Å². The van der Waals surface area contributed by atoms with Gasteiger partial charge in [0, 0.05) is 16.6 Å². The number of aliphatic carboxylic acids is 1. The molecule has 0 bridgehead atoms. The standard InChI is InChI=1S/C14H15NO2S/c1-9-3-4-10(2)12(7-9)14-15-8-11(18-14)5-6-13(16)17/h3-4,7-8H,5-6H2,1-2H3,(H,16,17). The zero-order chi connectivity index (χ0) is 13.1. The predicted octanol–water partition coefficient (Wildman–Crippen LogP) is 3.44. The van der Waals surface area contributed by atoms with Crippen molar-refractivity contribution >= 4 is 17.3 Å². The molecule has 18 heavy (non-hydrogen) atoms. The van der Waals surface area contributed by atoms with Gasteiger partial charge in [0.2, 0.25) is 0 Å². The van der Waals surface area contributed by atoms with Gasteiger partial charge >= 0.3 is 5.97 Å². The second-order valence-corrected chi connectivity index (χ2v) is 5.46. The van der Waals surface area contributed by atoms with Crippen molar-refractivity contribution in [2.45, 2.75) is 26.7 Å². The molecule has 1 N–H and O–H groups in total. The van der Waals surface area contributed by atoms with Gasteiger partial charge in [-0.15, -0.1) is 11.3 Å². The van der Waals surface area contributed by atoms with Crippen molar-refractivity contribution in [2.24, 2.45) is 0 Å². The molecule has 4 heteroatoms. The third-order valence-electron chi connectivity index (χ3n) is 2.76. The Hall–Kier alpha value is -1.68. The van der Waals surface area contributed by atoms with Crippen LogP contribution in [0.2, 0.25) is 0 Å². The van der Waals surface area contributed by atoms with Gasteiger partial charge in [0.25, 0.3) is 0 Å². The minimum absolute atomic E-state index is 0.161. The molecule has 0 fully saturated rings. The maximum Gasteiger partial charge on any atom is 0.303 e. The molecule has 1 aromatic carbocycles. The molecule has 0 aliphatic carbocycles. The van der Waals surface area contributed by atoms with E-state index in [0.29, 0.717) is 6.42 Å². The molecule has 0 atom stereocenters. The Bertz CT molecular complexity index is 575. The highest BCUT2D eigenvalue weighted by atomic mass is 32.1. The third-order valence-corrected chi connectivity index (χ3v) is 3.85. The van der Waals surface area contributed by atoms with E-state index in [0.717, 1.165) is 15.4 Å². The number of hydrogen-bond acceptors (Lipinski definition) is 3. The van der Waals surface area contributed by atoms with Crippen molar-refractivity contribution in [3.05, 3.63) is 40.4 Å². The van der Waals surface area contributed by atoms with Crippen LogP contribution in [0.1, 0.15) is 22.4 Å². The van der Waals surface area contributed by atoms with E-state index < -0.39 is 5.97 Å². The third kappa shape index (κ3) is 2.96. The summed E-state index contributed by atoms with van der Waals surface area (Å²) < 4.78 is 0. The molecule has 0 aliphatic rings. The quantitative estimate of drug-likeness (QED) is 0.917. The van der Waals surface area contributed by atoms with E-state index >= 15 is 0 Å². The largest absolute Gasteiger partial charge is 0.481 e. The van der Waals surface area contributed by atoms with Crippen LogP contribution in [0.5, 0.6) is 0 Å². The highest BCUT2D eigenvalue weighted by Crippen LogP contribution is 2.29. The van der Waals surface area contributed by atoms with Gasteiger partial charge in [-0.25, -0.2) is 4.98 Å². The molecular formula is C14H15NO2S. The van der Waals surface area contributed by atoms with Crippen LogP contribution in [0.15, 0.2) is 24.4 Å². The van der Waals surface area contributed by atoms with E-state index in [1.165, 1.54) is 11.1 Å². The number of nitrogens with zero attached hydrogens (tertiary/aromatic N) is 1. The predicted molar refractivity (Wildman–Crippen MR) is 73.0 cm³/mol. The first kappa shape index (κ1) is 12.8. The minimum Gasteiger partial charge on any atom is -0.481 e. The summed E-state index contributed by atoms with van der Waals surface area (Å²) in [5, 5.41) is 9.63. The Balaban J connectivity index is 2.23. The van der Waals surface area contributed by atoms with Gasteiger partial charge in [-0.05, 0) is 31.9 Å². The second kappa shape index (κ2) is 5.31. The van der Waals surface area contributed by atoms with E-state index in [1.807, 2.05) is 0 Å². The summed E-state index contributed by atoms with van der Waals surface area (Å²) in [4.78, 5) is 15.9. The van der Waals surface area contributed by atoms with Crippen LogP contribution in [-0.2, 0) is 11.2 Å². The monoisotopic (exact) mass is 261 g/mol. The smallest absolute Gasteiger partial charge is 0.303 e. The molecule has 0 saturated heterocycles. The van der Waals surface area contributed by atoms with E-state index in [-0.39, 0.29) is 6.42 Å². The average Bonchev–Trinajstić information content (AvgIpc) is 2.78. The molecule has 1 aromatic heterocycles. The van der Waals surface area contributed by atoms with E-state index in [4.69, 9.17) is 5.11 Å². The van der Waals surface area contributed by atoms with E-state index in [1.54, 1.807) is 17.5 Å². The molecule has 2 aromatic rings. The average molecular weight is 261 g/mol. The molecule has 0 aliphatic heterocycles. The van der Waals surface area contributed by atoms with Gasteiger partial charge in [-0.1, -0.05) is 17.7 Å². The lowest BCUT2D eigenvalue weighted by Gasteiger charge is -2.03. The molecule has 0 saturated carbocycles. The Morgan fingerprint density at radius 3 is 2.89 bits per heavy atom. The molecule has 94 valence electrons. The summed E-state index contributed by atoms with van der Waals surface area (Å²) in [6, 6.07) is 6.29. The first-order valence-corrected chi connectivity index (χ1v) is 6.62. The molecule has 0 unspecified atom stereocenters. The van der Waals surface area contributed by atoms with E-state index in [2.05, 4.69) is 37.0 Å². The summed E-state index contributed by atoms with van der Waals surface area (Å²) >= 11 is 1.58. The Morgan fingerprint density at radius 1 is 1.39 bits per heavy atom. The lowest BCUT2D eigenvalue weighted by Crippen LogP contribution is -1.95. The summed E-state index contributed by atoms with van der Waals surface area (Å²) in [6.45, 7) is 4.12. The van der Waals surface area contributed by atoms with Crippen molar-refractivity contribution in [1.29, 1.82) is 0 Å². The fourth-order valence-electron chi connectivity index (χ4n) is 1.74. The molecule has 1 heterocycles. The maximum absolute atomic E-state index is 10.5. The van der Waals surface area contributed by atoms with Crippen LogP contribution < -0.4 is 0 Å².